The summed E-state index contributed by atoms with van der Waals surface area (Å²) in [5.41, 5.74) is 2.13. The van der Waals surface area contributed by atoms with E-state index in [0.29, 0.717) is 21.7 Å². The van der Waals surface area contributed by atoms with Crippen molar-refractivity contribution in [3.63, 3.8) is 0 Å². The zero-order chi connectivity index (χ0) is 30.0. The van der Waals surface area contributed by atoms with Crippen molar-refractivity contribution in [3.05, 3.63) is 105 Å². The van der Waals surface area contributed by atoms with Crippen LogP contribution in [0.25, 0.3) is 10.9 Å². The van der Waals surface area contributed by atoms with Gasteiger partial charge in [0.05, 0.1) is 28.4 Å². The summed E-state index contributed by atoms with van der Waals surface area (Å²) in [6, 6.07) is 16.8. The van der Waals surface area contributed by atoms with Gasteiger partial charge in [-0.3, -0.25) is 24.1 Å². The fourth-order valence-electron chi connectivity index (χ4n) is 4.64. The molecule has 5 rings (SSSR count). The van der Waals surface area contributed by atoms with Gasteiger partial charge < -0.3 is 4.74 Å². The zero-order valence-corrected chi connectivity index (χ0v) is 24.0. The van der Waals surface area contributed by atoms with Gasteiger partial charge in [0.15, 0.2) is 6.04 Å². The molecule has 0 bridgehead atoms. The first kappa shape index (κ1) is 29.0. The van der Waals surface area contributed by atoms with E-state index in [1.165, 1.54) is 30.2 Å². The lowest BCUT2D eigenvalue weighted by Gasteiger charge is -2.29. The molecule has 0 N–H and O–H groups in total. The summed E-state index contributed by atoms with van der Waals surface area (Å²) in [6.45, 7) is 3.44. The Morgan fingerprint density at radius 1 is 1.02 bits per heavy atom. The molecule has 4 aromatic rings. The van der Waals surface area contributed by atoms with Gasteiger partial charge in [0.2, 0.25) is 0 Å². The van der Waals surface area contributed by atoms with Crippen LogP contribution in [0.15, 0.2) is 72.8 Å². The highest BCUT2D eigenvalue weighted by atomic mass is 35.5. The molecule has 0 saturated heterocycles. The van der Waals surface area contributed by atoms with Gasteiger partial charge in [-0.05, 0) is 50.2 Å². The lowest BCUT2D eigenvalue weighted by molar-refractivity contribution is -0.128. The van der Waals surface area contributed by atoms with E-state index in [1.54, 1.807) is 25.1 Å². The number of carbonyl (C=O) groups excluding carboxylic acids is 4. The largest absolute Gasteiger partial charge is 0.487 e. The Hall–Kier alpha value is -4.53. The van der Waals surface area contributed by atoms with Crippen LogP contribution in [0.4, 0.5) is 5.69 Å². The molecule has 3 amide bonds. The minimum absolute atomic E-state index is 0.0111. The minimum atomic E-state index is -1.65. The maximum absolute atomic E-state index is 13.9. The molecule has 0 saturated carbocycles. The van der Waals surface area contributed by atoms with Crippen molar-refractivity contribution in [2.24, 2.45) is 0 Å². The summed E-state index contributed by atoms with van der Waals surface area (Å²) in [7, 11) is 0. The van der Waals surface area contributed by atoms with Crippen LogP contribution in [0.5, 0.6) is 5.75 Å². The normalized spacial score (nSPS) is 13.1. The van der Waals surface area contributed by atoms with Crippen LogP contribution in [0, 0.1) is 6.92 Å². The number of ether oxygens (including phenoxy) is 1. The summed E-state index contributed by atoms with van der Waals surface area (Å²) in [4.78, 5) is 62.5. The Morgan fingerprint density at radius 3 is 2.40 bits per heavy atom. The summed E-state index contributed by atoms with van der Waals surface area (Å²) in [5.74, 6) is -0.339. The Balaban J connectivity index is 1.49. The number of hydrogen-bond acceptors (Lipinski definition) is 7. The third-order valence-electron chi connectivity index (χ3n) is 6.62. The minimum Gasteiger partial charge on any atom is -0.487 e. The van der Waals surface area contributed by atoms with Gasteiger partial charge in [-0.1, -0.05) is 53.5 Å². The van der Waals surface area contributed by atoms with Crippen LogP contribution in [0.1, 0.15) is 38.9 Å². The standard InChI is InChI=1S/C31H23Cl2N3O6/c1-3-42-36(31(40)25(15-16-37)35-29(38)20-8-4-5-9-21(20)30(35)39)24-14-13-23(32)22(27(24)33)17-41-26-10-6-7-19-12-11-18(2)34-28(19)26/h4-15,25H,3,17H2,1-2H3. The molecule has 11 heteroatoms. The molecule has 3 aromatic carbocycles. The van der Waals surface area contributed by atoms with Crippen LogP contribution in [-0.2, 0) is 21.0 Å². The van der Waals surface area contributed by atoms with Gasteiger partial charge >= 0.3 is 0 Å². The second kappa shape index (κ2) is 12.1. The van der Waals surface area contributed by atoms with Crippen LogP contribution in [0.3, 0.4) is 0 Å². The molecule has 1 aliphatic rings. The SMILES string of the molecule is CCON(C(=O)C(C=C=O)N1C(=O)c2ccccc2C1=O)c1ccc(Cl)c(COc2cccc3ccc(C)nc23)c1Cl. The van der Waals surface area contributed by atoms with Gasteiger partial charge in [0.25, 0.3) is 17.7 Å². The van der Waals surface area contributed by atoms with Crippen molar-refractivity contribution >= 4 is 63.5 Å². The van der Waals surface area contributed by atoms with Gasteiger partial charge in [0.1, 0.15) is 23.8 Å². The number of pyridine rings is 1. The van der Waals surface area contributed by atoms with Crippen molar-refractivity contribution in [2.75, 3.05) is 11.7 Å². The molecule has 9 nitrogen and oxygen atoms in total. The van der Waals surface area contributed by atoms with E-state index in [0.717, 1.165) is 22.2 Å². The Morgan fingerprint density at radius 2 is 1.74 bits per heavy atom. The predicted octanol–water partition coefficient (Wildman–Crippen LogP) is 5.77. The number of benzene rings is 3. The highest BCUT2D eigenvalue weighted by Gasteiger charge is 2.44. The molecule has 0 radical (unpaired) electrons. The average Bonchev–Trinajstić information content (AvgIpc) is 3.24. The second-order valence-electron chi connectivity index (χ2n) is 9.23. The predicted molar refractivity (Wildman–Crippen MR) is 157 cm³/mol. The highest BCUT2D eigenvalue weighted by Crippen LogP contribution is 2.37. The van der Waals surface area contributed by atoms with E-state index >= 15 is 0 Å². The third-order valence-corrected chi connectivity index (χ3v) is 7.40. The Labute approximate surface area is 250 Å². The van der Waals surface area contributed by atoms with Crippen LogP contribution < -0.4 is 9.80 Å². The molecule has 0 spiro atoms. The molecular weight excluding hydrogens is 581 g/mol. The Kier molecular flexibility index (Phi) is 8.38. The van der Waals surface area contributed by atoms with Crippen molar-refractivity contribution in [3.8, 4) is 5.75 Å². The number of para-hydroxylation sites is 1. The van der Waals surface area contributed by atoms with Gasteiger partial charge in [-0.15, -0.1) is 0 Å². The van der Waals surface area contributed by atoms with Crippen molar-refractivity contribution in [1.29, 1.82) is 0 Å². The lowest BCUT2D eigenvalue weighted by atomic mass is 10.1. The Bertz CT molecular complexity index is 1750. The van der Waals surface area contributed by atoms with E-state index in [1.807, 2.05) is 31.2 Å². The first-order valence-corrected chi connectivity index (χ1v) is 13.6. The van der Waals surface area contributed by atoms with E-state index in [2.05, 4.69) is 4.98 Å². The van der Waals surface area contributed by atoms with Crippen molar-refractivity contribution in [1.82, 2.24) is 9.88 Å². The molecule has 0 fully saturated rings. The molecule has 2 heterocycles. The molecule has 1 aromatic heterocycles. The first-order chi connectivity index (χ1) is 20.3. The van der Waals surface area contributed by atoms with E-state index in [9.17, 15) is 19.2 Å². The summed E-state index contributed by atoms with van der Waals surface area (Å²) < 4.78 is 6.08. The molecule has 1 aliphatic heterocycles. The number of aryl methyl sites for hydroxylation is 1. The monoisotopic (exact) mass is 603 g/mol. The van der Waals surface area contributed by atoms with Crippen molar-refractivity contribution in [2.45, 2.75) is 26.5 Å². The number of rotatable bonds is 9. The zero-order valence-electron chi connectivity index (χ0n) is 22.5. The van der Waals surface area contributed by atoms with E-state index in [-0.39, 0.29) is 40.1 Å². The van der Waals surface area contributed by atoms with Crippen LogP contribution in [-0.4, -0.2) is 46.2 Å². The van der Waals surface area contributed by atoms with Crippen LogP contribution in [0.2, 0.25) is 10.0 Å². The number of imide groups is 1. The molecule has 212 valence electrons. The number of halogens is 2. The number of hydrogen-bond donors (Lipinski definition) is 0. The maximum Gasteiger partial charge on any atom is 0.278 e. The van der Waals surface area contributed by atoms with Crippen LogP contribution >= 0.6 is 23.2 Å². The number of aromatic nitrogens is 1. The fraction of sp³-hybridized carbons (Fsp3) is 0.161. The lowest BCUT2D eigenvalue weighted by Crippen LogP contribution is -2.50. The highest BCUT2D eigenvalue weighted by molar-refractivity contribution is 6.38. The summed E-state index contributed by atoms with van der Waals surface area (Å²) in [6.07, 6.45) is 0.791. The number of carbonyl (C=O) groups is 3. The quantitative estimate of drug-likeness (QED) is 0.136. The molecule has 1 atom stereocenters. The van der Waals surface area contributed by atoms with Gasteiger partial charge in [0, 0.05) is 27.7 Å². The maximum atomic E-state index is 13.9. The van der Waals surface area contributed by atoms with E-state index < -0.39 is 23.8 Å². The van der Waals surface area contributed by atoms with Gasteiger partial charge in [-0.25, -0.2) is 9.78 Å². The molecule has 1 unspecified atom stereocenters. The molecular formula is C31H23Cl2N3O6. The van der Waals surface area contributed by atoms with Crippen molar-refractivity contribution < 1.29 is 28.8 Å². The topological polar surface area (TPSA) is 106 Å². The number of fused-ring (bicyclic) bond motifs is 2. The number of anilines is 1. The summed E-state index contributed by atoms with van der Waals surface area (Å²) >= 11 is 13.3. The fourth-order valence-corrected chi connectivity index (χ4v) is 5.20. The van der Waals surface area contributed by atoms with E-state index in [4.69, 9.17) is 32.8 Å². The van der Waals surface area contributed by atoms with Gasteiger partial charge in [-0.2, -0.15) is 5.06 Å². The molecule has 0 aliphatic carbocycles. The first-order valence-electron chi connectivity index (χ1n) is 12.9. The third kappa shape index (κ3) is 5.26. The number of nitrogens with zero attached hydrogens (tertiary/aromatic N) is 3. The second-order valence-corrected chi connectivity index (χ2v) is 10.0. The molecule has 42 heavy (non-hydrogen) atoms. The summed E-state index contributed by atoms with van der Waals surface area (Å²) in [5, 5.41) is 2.03. The average molecular weight is 604 g/mol. The smallest absolute Gasteiger partial charge is 0.278 e. The number of amides is 3. The number of hydroxylamine groups is 1.